The van der Waals surface area contributed by atoms with E-state index < -0.39 is 0 Å². The molecule has 1 heterocycles. The van der Waals surface area contributed by atoms with Crippen LogP contribution in [0.15, 0.2) is 53.5 Å². The monoisotopic (exact) mass is 329 g/mol. The van der Waals surface area contributed by atoms with E-state index in [4.69, 9.17) is 16.3 Å². The Bertz CT molecular complexity index is 727. The second-order valence-electron chi connectivity index (χ2n) is 4.94. The molecule has 0 aliphatic carbocycles. The Morgan fingerprint density at radius 3 is 2.52 bits per heavy atom. The highest BCUT2D eigenvalue weighted by atomic mass is 35.5. The summed E-state index contributed by atoms with van der Waals surface area (Å²) in [5.41, 5.74) is 4.67. The van der Waals surface area contributed by atoms with E-state index in [1.54, 1.807) is 24.3 Å². The quantitative estimate of drug-likeness (QED) is 0.938. The number of amides is 1. The lowest BCUT2D eigenvalue weighted by Crippen LogP contribution is -2.51. The van der Waals surface area contributed by atoms with Crippen molar-refractivity contribution < 1.29 is 9.53 Å². The zero-order valence-electron chi connectivity index (χ0n) is 12.6. The van der Waals surface area contributed by atoms with Crippen LogP contribution in [0.3, 0.4) is 0 Å². The first kappa shape index (κ1) is 15.4. The van der Waals surface area contributed by atoms with E-state index in [0.29, 0.717) is 17.5 Å². The van der Waals surface area contributed by atoms with Crippen molar-refractivity contribution in [3.8, 4) is 5.75 Å². The van der Waals surface area contributed by atoms with Gasteiger partial charge in [0.15, 0.2) is 0 Å². The summed E-state index contributed by atoms with van der Waals surface area (Å²) in [4.78, 5) is 16.4. The van der Waals surface area contributed by atoms with Crippen molar-refractivity contribution in [1.82, 2.24) is 5.43 Å². The number of hydrazine groups is 1. The number of halogens is 1. The summed E-state index contributed by atoms with van der Waals surface area (Å²) in [5.74, 6) is 1.32. The standard InChI is InChI=1S/C17H16ClN3O2/c1-2-23-15-9-3-12(4-10-15)17-19-11-16(22)21(20-17)14-7-5-13(18)6-8-14/h3-10H,2,11H2,1H3,(H,19,20). The molecular weight excluding hydrogens is 314 g/mol. The third-order valence-electron chi connectivity index (χ3n) is 3.36. The van der Waals surface area contributed by atoms with Crippen molar-refractivity contribution in [3.05, 3.63) is 59.1 Å². The summed E-state index contributed by atoms with van der Waals surface area (Å²) in [6, 6.07) is 14.6. The number of carbonyl (C=O) groups is 1. The lowest BCUT2D eigenvalue weighted by atomic mass is 10.2. The van der Waals surface area contributed by atoms with Crippen LogP contribution in [0.25, 0.3) is 0 Å². The number of carbonyl (C=O) groups excluding carboxylic acids is 1. The van der Waals surface area contributed by atoms with E-state index in [2.05, 4.69) is 10.4 Å². The molecule has 6 heteroatoms. The molecule has 0 saturated heterocycles. The van der Waals surface area contributed by atoms with Crippen LogP contribution in [0.2, 0.25) is 5.02 Å². The third kappa shape index (κ3) is 3.46. The summed E-state index contributed by atoms with van der Waals surface area (Å²) in [6.45, 7) is 2.66. The zero-order chi connectivity index (χ0) is 16.2. The summed E-state index contributed by atoms with van der Waals surface area (Å²) >= 11 is 5.89. The minimum absolute atomic E-state index is 0.0954. The third-order valence-corrected chi connectivity index (χ3v) is 3.62. The molecule has 2 aromatic rings. The number of hydrogen-bond acceptors (Lipinski definition) is 4. The molecule has 0 fully saturated rings. The molecule has 0 aromatic heterocycles. The minimum Gasteiger partial charge on any atom is -0.494 e. The van der Waals surface area contributed by atoms with Gasteiger partial charge in [0.2, 0.25) is 0 Å². The normalized spacial score (nSPS) is 14.3. The van der Waals surface area contributed by atoms with Gasteiger partial charge in [-0.3, -0.25) is 15.2 Å². The summed E-state index contributed by atoms with van der Waals surface area (Å²) in [5, 5.41) is 2.10. The average molecular weight is 330 g/mol. The molecular formula is C17H16ClN3O2. The van der Waals surface area contributed by atoms with E-state index >= 15 is 0 Å². The molecule has 1 aliphatic rings. The number of amidine groups is 1. The molecule has 0 bridgehead atoms. The van der Waals surface area contributed by atoms with E-state index in [1.807, 2.05) is 31.2 Å². The first-order valence-electron chi connectivity index (χ1n) is 7.30. The smallest absolute Gasteiger partial charge is 0.267 e. The largest absolute Gasteiger partial charge is 0.494 e. The van der Waals surface area contributed by atoms with Gasteiger partial charge < -0.3 is 4.74 Å². The SMILES string of the molecule is CCOc1ccc(C2=NCC(=O)N(c3ccc(Cl)cc3)N2)cc1. The Morgan fingerprint density at radius 1 is 1.17 bits per heavy atom. The topological polar surface area (TPSA) is 53.9 Å². The Balaban J connectivity index is 1.81. The molecule has 1 amide bonds. The number of ether oxygens (including phenoxy) is 1. The van der Waals surface area contributed by atoms with Crippen molar-refractivity contribution in [2.24, 2.45) is 4.99 Å². The predicted molar refractivity (Wildman–Crippen MR) is 91.1 cm³/mol. The molecule has 23 heavy (non-hydrogen) atoms. The van der Waals surface area contributed by atoms with Crippen LogP contribution in [0.4, 0.5) is 5.69 Å². The minimum atomic E-state index is -0.123. The van der Waals surface area contributed by atoms with Crippen molar-refractivity contribution in [1.29, 1.82) is 0 Å². The van der Waals surface area contributed by atoms with Crippen LogP contribution in [-0.2, 0) is 4.79 Å². The van der Waals surface area contributed by atoms with Crippen molar-refractivity contribution in [2.45, 2.75) is 6.92 Å². The van der Waals surface area contributed by atoms with E-state index in [0.717, 1.165) is 17.0 Å². The number of anilines is 1. The zero-order valence-corrected chi connectivity index (χ0v) is 13.4. The molecule has 118 valence electrons. The molecule has 3 rings (SSSR count). The molecule has 0 radical (unpaired) electrons. The van der Waals surface area contributed by atoms with Gasteiger partial charge in [-0.15, -0.1) is 0 Å². The van der Waals surface area contributed by atoms with Crippen LogP contribution in [0.1, 0.15) is 12.5 Å². The molecule has 0 atom stereocenters. The molecule has 1 aliphatic heterocycles. The molecule has 1 N–H and O–H groups in total. The first-order valence-corrected chi connectivity index (χ1v) is 7.68. The van der Waals surface area contributed by atoms with Gasteiger partial charge in [-0.05, 0) is 55.5 Å². The number of rotatable bonds is 4. The Morgan fingerprint density at radius 2 is 1.87 bits per heavy atom. The van der Waals surface area contributed by atoms with Gasteiger partial charge in [0.05, 0.1) is 12.3 Å². The van der Waals surface area contributed by atoms with E-state index in [-0.39, 0.29) is 12.5 Å². The van der Waals surface area contributed by atoms with Gasteiger partial charge in [0, 0.05) is 10.6 Å². The average Bonchev–Trinajstić information content (AvgIpc) is 2.57. The lowest BCUT2D eigenvalue weighted by Gasteiger charge is -2.28. The molecule has 0 unspecified atom stereocenters. The van der Waals surface area contributed by atoms with Gasteiger partial charge >= 0.3 is 0 Å². The van der Waals surface area contributed by atoms with Gasteiger partial charge in [0.25, 0.3) is 5.91 Å². The second kappa shape index (κ2) is 6.71. The maximum atomic E-state index is 12.1. The molecule has 0 saturated carbocycles. The fourth-order valence-corrected chi connectivity index (χ4v) is 2.38. The van der Waals surface area contributed by atoms with Crippen molar-refractivity contribution >= 4 is 29.0 Å². The predicted octanol–water partition coefficient (Wildman–Crippen LogP) is 3.04. The lowest BCUT2D eigenvalue weighted by molar-refractivity contribution is -0.117. The van der Waals surface area contributed by atoms with Crippen LogP contribution in [0.5, 0.6) is 5.75 Å². The number of benzene rings is 2. The van der Waals surface area contributed by atoms with E-state index in [1.165, 1.54) is 5.01 Å². The van der Waals surface area contributed by atoms with Crippen LogP contribution in [-0.4, -0.2) is 24.9 Å². The van der Waals surface area contributed by atoms with Crippen LogP contribution < -0.4 is 15.2 Å². The van der Waals surface area contributed by atoms with Crippen LogP contribution >= 0.6 is 11.6 Å². The van der Waals surface area contributed by atoms with E-state index in [9.17, 15) is 4.79 Å². The van der Waals surface area contributed by atoms with Gasteiger partial charge in [-0.1, -0.05) is 11.6 Å². The Hall–Kier alpha value is -2.53. The maximum absolute atomic E-state index is 12.1. The molecule has 2 aromatic carbocycles. The fourth-order valence-electron chi connectivity index (χ4n) is 2.25. The number of aliphatic imine (C=N–C) groups is 1. The summed E-state index contributed by atoms with van der Waals surface area (Å²) in [6.07, 6.45) is 0. The number of hydrogen-bond donors (Lipinski definition) is 1. The Kier molecular flexibility index (Phi) is 4.48. The number of nitrogens with one attached hydrogen (secondary N) is 1. The highest BCUT2D eigenvalue weighted by Crippen LogP contribution is 2.19. The summed E-state index contributed by atoms with van der Waals surface area (Å²) < 4.78 is 5.43. The molecule has 0 spiro atoms. The van der Waals surface area contributed by atoms with Gasteiger partial charge in [0.1, 0.15) is 18.1 Å². The maximum Gasteiger partial charge on any atom is 0.267 e. The fraction of sp³-hybridized carbons (Fsp3) is 0.176. The van der Waals surface area contributed by atoms with Crippen molar-refractivity contribution in [3.63, 3.8) is 0 Å². The highest BCUT2D eigenvalue weighted by molar-refractivity contribution is 6.30. The van der Waals surface area contributed by atoms with Gasteiger partial charge in [-0.25, -0.2) is 5.01 Å². The molecule has 5 nitrogen and oxygen atoms in total. The van der Waals surface area contributed by atoms with Gasteiger partial charge in [-0.2, -0.15) is 0 Å². The summed E-state index contributed by atoms with van der Waals surface area (Å²) in [7, 11) is 0. The second-order valence-corrected chi connectivity index (χ2v) is 5.38. The first-order chi connectivity index (χ1) is 11.2. The van der Waals surface area contributed by atoms with Crippen LogP contribution in [0, 0.1) is 0 Å². The highest BCUT2D eigenvalue weighted by Gasteiger charge is 2.22. The number of nitrogens with zero attached hydrogens (tertiary/aromatic N) is 2. The van der Waals surface area contributed by atoms with Crippen molar-refractivity contribution in [2.75, 3.05) is 18.2 Å². The Labute approximate surface area is 139 Å².